The van der Waals surface area contributed by atoms with Crippen LogP contribution in [0.3, 0.4) is 0 Å². The summed E-state index contributed by atoms with van der Waals surface area (Å²) in [5.74, 6) is 0. The molecule has 0 aliphatic heterocycles. The summed E-state index contributed by atoms with van der Waals surface area (Å²) in [5.41, 5.74) is 13.3. The molecule has 1 unspecified atom stereocenters. The minimum Gasteiger partial charge on any atom is -0.378 e. The molecule has 1 rings (SSSR count). The summed E-state index contributed by atoms with van der Waals surface area (Å²) < 4.78 is 0. The molecule has 0 bridgehead atoms. The van der Waals surface area contributed by atoms with E-state index in [9.17, 15) is 0 Å². The van der Waals surface area contributed by atoms with Gasteiger partial charge < -0.3 is 11.5 Å². The molecule has 1 aromatic rings. The second-order valence-electron chi connectivity index (χ2n) is 3.04. The van der Waals surface area contributed by atoms with E-state index in [1.165, 1.54) is 11.8 Å². The van der Waals surface area contributed by atoms with E-state index in [0.717, 1.165) is 11.3 Å². The van der Waals surface area contributed by atoms with Gasteiger partial charge in [-0.15, -0.1) is 0 Å². The summed E-state index contributed by atoms with van der Waals surface area (Å²) in [6.07, 6.45) is 1.90. The molecule has 0 radical (unpaired) electrons. The van der Waals surface area contributed by atoms with E-state index >= 15 is 0 Å². The lowest BCUT2D eigenvalue weighted by atomic mass is 10.1. The lowest BCUT2D eigenvalue weighted by Crippen LogP contribution is -2.05. The highest BCUT2D eigenvalue weighted by molar-refractivity contribution is 8.13. The largest absolute Gasteiger partial charge is 0.378 e. The second-order valence-corrected chi connectivity index (χ2v) is 3.86. The third-order valence-electron chi connectivity index (χ3n) is 1.84. The second kappa shape index (κ2) is 5.02. The number of nitrogens with two attached hydrogens (primary N) is 2. The maximum absolute atomic E-state index is 5.76. The van der Waals surface area contributed by atoms with Crippen LogP contribution in [0.15, 0.2) is 29.3 Å². The number of nitrogens with zero attached hydrogens (tertiary/aromatic N) is 1. The van der Waals surface area contributed by atoms with E-state index in [0.29, 0.717) is 5.17 Å². The highest BCUT2D eigenvalue weighted by Crippen LogP contribution is 2.18. The maximum Gasteiger partial charge on any atom is 0.158 e. The third-order valence-corrected chi connectivity index (χ3v) is 2.35. The maximum atomic E-state index is 5.76. The molecule has 76 valence electrons. The third kappa shape index (κ3) is 3.05. The molecule has 0 fully saturated rings. The first-order chi connectivity index (χ1) is 6.63. The molecule has 0 aliphatic rings. The fourth-order valence-corrected chi connectivity index (χ4v) is 1.25. The van der Waals surface area contributed by atoms with Crippen molar-refractivity contribution in [3.8, 4) is 0 Å². The van der Waals surface area contributed by atoms with Crippen LogP contribution in [-0.2, 0) is 0 Å². The molecule has 4 heteroatoms. The van der Waals surface area contributed by atoms with Crippen molar-refractivity contribution in [1.29, 1.82) is 0 Å². The van der Waals surface area contributed by atoms with Crippen LogP contribution in [0.25, 0.3) is 0 Å². The Labute approximate surface area is 88.6 Å². The molecular formula is C10H15N3S. The van der Waals surface area contributed by atoms with Gasteiger partial charge in [0.2, 0.25) is 0 Å². The Morgan fingerprint density at radius 2 is 2.21 bits per heavy atom. The average Bonchev–Trinajstić information content (AvgIpc) is 2.18. The Bertz CT molecular complexity index is 334. The number of aliphatic imine (C=N–C) groups is 1. The van der Waals surface area contributed by atoms with Gasteiger partial charge in [-0.2, -0.15) is 0 Å². The van der Waals surface area contributed by atoms with E-state index in [4.69, 9.17) is 11.5 Å². The Hall–Kier alpha value is -1.00. The van der Waals surface area contributed by atoms with Crippen molar-refractivity contribution in [2.75, 3.05) is 6.26 Å². The Morgan fingerprint density at radius 3 is 2.79 bits per heavy atom. The van der Waals surface area contributed by atoms with E-state index in [1.54, 1.807) is 0 Å². The first-order valence-electron chi connectivity index (χ1n) is 4.37. The van der Waals surface area contributed by atoms with Crippen molar-refractivity contribution >= 4 is 22.6 Å². The van der Waals surface area contributed by atoms with Crippen LogP contribution in [0.2, 0.25) is 0 Å². The highest BCUT2D eigenvalue weighted by Gasteiger charge is 1.99. The van der Waals surface area contributed by atoms with Crippen LogP contribution in [0.4, 0.5) is 5.69 Å². The van der Waals surface area contributed by atoms with Gasteiger partial charge in [-0.1, -0.05) is 23.9 Å². The lowest BCUT2D eigenvalue weighted by molar-refractivity contribution is 0.818. The number of amidine groups is 1. The fourth-order valence-electron chi connectivity index (χ4n) is 1.05. The predicted octanol–water partition coefficient (Wildman–Crippen LogP) is 2.02. The van der Waals surface area contributed by atoms with Crippen LogP contribution in [0, 0.1) is 0 Å². The lowest BCUT2D eigenvalue weighted by Gasteiger charge is -2.05. The first kappa shape index (κ1) is 11.1. The van der Waals surface area contributed by atoms with Gasteiger partial charge in [0.25, 0.3) is 0 Å². The number of benzene rings is 1. The molecule has 3 nitrogen and oxygen atoms in total. The van der Waals surface area contributed by atoms with Crippen molar-refractivity contribution in [3.05, 3.63) is 29.8 Å². The number of thioether (sulfide) groups is 1. The van der Waals surface area contributed by atoms with Gasteiger partial charge in [0.05, 0.1) is 5.69 Å². The van der Waals surface area contributed by atoms with E-state index in [2.05, 4.69) is 4.99 Å². The zero-order chi connectivity index (χ0) is 10.6. The standard InChI is InChI=1S/C10H15N3S/c1-7(11)8-4-3-5-9(6-8)13-10(12)14-2/h3-7H,11H2,1-2H3,(H2,12,13). The Balaban J connectivity index is 2.94. The molecule has 0 aromatic heterocycles. The molecule has 0 amide bonds. The summed E-state index contributed by atoms with van der Waals surface area (Å²) in [7, 11) is 0. The van der Waals surface area contributed by atoms with Crippen LogP contribution in [-0.4, -0.2) is 11.4 Å². The average molecular weight is 209 g/mol. The molecule has 1 aromatic carbocycles. The van der Waals surface area contributed by atoms with E-state index < -0.39 is 0 Å². The highest BCUT2D eigenvalue weighted by atomic mass is 32.2. The number of hydrogen-bond acceptors (Lipinski definition) is 3. The molecule has 0 spiro atoms. The van der Waals surface area contributed by atoms with Crippen LogP contribution >= 0.6 is 11.8 Å². The normalized spacial score (nSPS) is 14.1. The van der Waals surface area contributed by atoms with Crippen molar-refractivity contribution in [3.63, 3.8) is 0 Å². The molecule has 4 N–H and O–H groups in total. The summed E-state index contributed by atoms with van der Waals surface area (Å²) in [4.78, 5) is 4.22. The van der Waals surface area contributed by atoms with Gasteiger partial charge in [-0.25, -0.2) is 4.99 Å². The first-order valence-corrected chi connectivity index (χ1v) is 5.59. The molecule has 0 saturated heterocycles. The smallest absolute Gasteiger partial charge is 0.158 e. The summed E-state index contributed by atoms with van der Waals surface area (Å²) in [6.45, 7) is 1.95. The predicted molar refractivity (Wildman–Crippen MR) is 63.8 cm³/mol. The van der Waals surface area contributed by atoms with E-state index in [-0.39, 0.29) is 6.04 Å². The van der Waals surface area contributed by atoms with Gasteiger partial charge in [-0.05, 0) is 30.9 Å². The molecule has 1 atom stereocenters. The number of rotatable bonds is 2. The zero-order valence-corrected chi connectivity index (χ0v) is 9.21. The molecular weight excluding hydrogens is 194 g/mol. The molecule has 0 aliphatic carbocycles. The number of hydrogen-bond donors (Lipinski definition) is 2. The fraction of sp³-hybridized carbons (Fsp3) is 0.300. The van der Waals surface area contributed by atoms with Crippen molar-refractivity contribution in [1.82, 2.24) is 0 Å². The topological polar surface area (TPSA) is 64.4 Å². The summed E-state index contributed by atoms with van der Waals surface area (Å²) in [5, 5.41) is 0.562. The van der Waals surface area contributed by atoms with Crippen molar-refractivity contribution < 1.29 is 0 Å². The minimum atomic E-state index is 0.0284. The monoisotopic (exact) mass is 209 g/mol. The van der Waals surface area contributed by atoms with Gasteiger partial charge in [-0.3, -0.25) is 0 Å². The molecule has 0 saturated carbocycles. The summed E-state index contributed by atoms with van der Waals surface area (Å²) in [6, 6.07) is 7.81. The Morgan fingerprint density at radius 1 is 1.50 bits per heavy atom. The molecule has 14 heavy (non-hydrogen) atoms. The summed E-state index contributed by atoms with van der Waals surface area (Å²) >= 11 is 1.43. The Kier molecular flexibility index (Phi) is 3.98. The van der Waals surface area contributed by atoms with E-state index in [1.807, 2.05) is 37.4 Å². The van der Waals surface area contributed by atoms with Gasteiger partial charge >= 0.3 is 0 Å². The van der Waals surface area contributed by atoms with Gasteiger partial charge in [0, 0.05) is 6.04 Å². The van der Waals surface area contributed by atoms with Gasteiger partial charge in [0.15, 0.2) is 5.17 Å². The zero-order valence-electron chi connectivity index (χ0n) is 8.40. The molecule has 0 heterocycles. The SMILES string of the molecule is CSC(N)=Nc1cccc(C(C)N)c1. The minimum absolute atomic E-state index is 0.0284. The van der Waals surface area contributed by atoms with Crippen molar-refractivity contribution in [2.45, 2.75) is 13.0 Å². The van der Waals surface area contributed by atoms with Crippen LogP contribution in [0.1, 0.15) is 18.5 Å². The van der Waals surface area contributed by atoms with Gasteiger partial charge in [0.1, 0.15) is 0 Å². The van der Waals surface area contributed by atoms with Crippen LogP contribution < -0.4 is 11.5 Å². The van der Waals surface area contributed by atoms with Crippen LogP contribution in [0.5, 0.6) is 0 Å². The van der Waals surface area contributed by atoms with Crippen molar-refractivity contribution in [2.24, 2.45) is 16.5 Å². The quantitative estimate of drug-likeness (QED) is 0.578.